The van der Waals surface area contributed by atoms with Crippen molar-refractivity contribution in [3.8, 4) is 0 Å². The minimum Gasteiger partial charge on any atom is -0.360 e. The van der Waals surface area contributed by atoms with Gasteiger partial charge in [-0.25, -0.2) is 0 Å². The monoisotopic (exact) mass is 226 g/mol. The second-order valence-electron chi connectivity index (χ2n) is 5.11. The van der Waals surface area contributed by atoms with Crippen LogP contribution >= 0.6 is 12.2 Å². The smallest absolute Gasteiger partial charge is 0.168 e. The molecule has 0 radical (unpaired) electrons. The molecule has 0 unspecified atom stereocenters. The van der Waals surface area contributed by atoms with E-state index in [2.05, 4.69) is 17.3 Å². The van der Waals surface area contributed by atoms with Crippen LogP contribution in [0.2, 0.25) is 0 Å². The number of thiocarbonyl (C=S) groups is 1. The van der Waals surface area contributed by atoms with E-state index in [9.17, 15) is 0 Å². The van der Waals surface area contributed by atoms with Crippen LogP contribution in [0.4, 0.5) is 0 Å². The SMILES string of the molecule is CN(CC1CC1)C(=S)NC1CCCCC1. The van der Waals surface area contributed by atoms with Gasteiger partial charge in [0.1, 0.15) is 0 Å². The Hall–Kier alpha value is -0.310. The summed E-state index contributed by atoms with van der Waals surface area (Å²) < 4.78 is 0. The average molecular weight is 226 g/mol. The lowest BCUT2D eigenvalue weighted by molar-refractivity contribution is 0.390. The third-order valence-corrected chi connectivity index (χ3v) is 3.94. The Kier molecular flexibility index (Phi) is 3.84. The molecule has 0 bridgehead atoms. The summed E-state index contributed by atoms with van der Waals surface area (Å²) in [6.07, 6.45) is 9.55. The minimum absolute atomic E-state index is 0.646. The summed E-state index contributed by atoms with van der Waals surface area (Å²) in [6.45, 7) is 1.15. The maximum atomic E-state index is 5.42. The Morgan fingerprint density at radius 1 is 1.20 bits per heavy atom. The molecule has 0 saturated heterocycles. The second-order valence-corrected chi connectivity index (χ2v) is 5.50. The van der Waals surface area contributed by atoms with Gasteiger partial charge in [0.2, 0.25) is 0 Å². The molecule has 2 aliphatic rings. The standard InChI is InChI=1S/C12H22N2S/c1-14(9-10-7-8-10)12(15)13-11-5-3-2-4-6-11/h10-11H,2-9H2,1H3,(H,13,15). The number of nitrogens with one attached hydrogen (secondary N) is 1. The summed E-state index contributed by atoms with van der Waals surface area (Å²) in [5.41, 5.74) is 0. The summed E-state index contributed by atoms with van der Waals surface area (Å²) in [5.74, 6) is 0.918. The molecule has 0 aromatic heterocycles. The molecule has 2 rings (SSSR count). The summed E-state index contributed by atoms with van der Waals surface area (Å²) in [5, 5.41) is 4.48. The molecule has 0 amide bonds. The maximum Gasteiger partial charge on any atom is 0.168 e. The Morgan fingerprint density at radius 2 is 1.87 bits per heavy atom. The predicted molar refractivity (Wildman–Crippen MR) is 68.0 cm³/mol. The fourth-order valence-electron chi connectivity index (χ4n) is 2.30. The van der Waals surface area contributed by atoms with Crippen LogP contribution in [0.25, 0.3) is 0 Å². The van der Waals surface area contributed by atoms with Gasteiger partial charge in [0, 0.05) is 19.6 Å². The van der Waals surface area contributed by atoms with Crippen molar-refractivity contribution in [2.24, 2.45) is 5.92 Å². The van der Waals surface area contributed by atoms with Crippen molar-refractivity contribution in [1.82, 2.24) is 10.2 Å². The highest BCUT2D eigenvalue weighted by molar-refractivity contribution is 7.80. The topological polar surface area (TPSA) is 15.3 Å². The van der Waals surface area contributed by atoms with Crippen LogP contribution in [0.1, 0.15) is 44.9 Å². The van der Waals surface area contributed by atoms with Gasteiger partial charge >= 0.3 is 0 Å². The van der Waals surface area contributed by atoms with Gasteiger partial charge in [0.05, 0.1) is 0 Å². The van der Waals surface area contributed by atoms with Crippen molar-refractivity contribution in [1.29, 1.82) is 0 Å². The molecular weight excluding hydrogens is 204 g/mol. The van der Waals surface area contributed by atoms with Gasteiger partial charge in [-0.15, -0.1) is 0 Å². The third-order valence-electron chi connectivity index (χ3n) is 3.51. The molecule has 3 heteroatoms. The van der Waals surface area contributed by atoms with E-state index in [0.29, 0.717) is 6.04 Å². The van der Waals surface area contributed by atoms with E-state index in [1.165, 1.54) is 44.9 Å². The molecule has 0 atom stereocenters. The van der Waals surface area contributed by atoms with Gasteiger partial charge in [-0.05, 0) is 43.8 Å². The van der Waals surface area contributed by atoms with Crippen molar-refractivity contribution in [3.05, 3.63) is 0 Å². The van der Waals surface area contributed by atoms with E-state index in [4.69, 9.17) is 12.2 Å². The molecule has 0 aromatic rings. The highest BCUT2D eigenvalue weighted by Crippen LogP contribution is 2.29. The quantitative estimate of drug-likeness (QED) is 0.745. The summed E-state index contributed by atoms with van der Waals surface area (Å²) >= 11 is 5.42. The minimum atomic E-state index is 0.646. The molecule has 0 spiro atoms. The van der Waals surface area contributed by atoms with Crippen molar-refractivity contribution >= 4 is 17.3 Å². The first-order chi connectivity index (χ1) is 7.25. The van der Waals surface area contributed by atoms with Gasteiger partial charge in [-0.1, -0.05) is 19.3 Å². The van der Waals surface area contributed by atoms with Crippen LogP contribution in [-0.2, 0) is 0 Å². The number of nitrogens with zero attached hydrogens (tertiary/aromatic N) is 1. The van der Waals surface area contributed by atoms with Gasteiger partial charge in [0.25, 0.3) is 0 Å². The first kappa shape index (κ1) is 11.2. The van der Waals surface area contributed by atoms with Crippen molar-refractivity contribution in [3.63, 3.8) is 0 Å². The maximum absolute atomic E-state index is 5.42. The van der Waals surface area contributed by atoms with Crippen LogP contribution in [0.3, 0.4) is 0 Å². The molecule has 1 N–H and O–H groups in total. The zero-order chi connectivity index (χ0) is 10.7. The van der Waals surface area contributed by atoms with Crippen molar-refractivity contribution in [2.45, 2.75) is 51.0 Å². The van der Waals surface area contributed by atoms with Gasteiger partial charge in [-0.2, -0.15) is 0 Å². The molecule has 86 valence electrons. The number of hydrogen-bond donors (Lipinski definition) is 1. The summed E-state index contributed by atoms with van der Waals surface area (Å²) in [7, 11) is 2.12. The van der Waals surface area contributed by atoms with Crippen LogP contribution in [0.5, 0.6) is 0 Å². The van der Waals surface area contributed by atoms with E-state index in [-0.39, 0.29) is 0 Å². The Morgan fingerprint density at radius 3 is 2.47 bits per heavy atom. The molecule has 2 saturated carbocycles. The largest absolute Gasteiger partial charge is 0.360 e. The lowest BCUT2D eigenvalue weighted by Gasteiger charge is -2.28. The summed E-state index contributed by atoms with van der Waals surface area (Å²) in [6, 6.07) is 0.646. The van der Waals surface area contributed by atoms with Gasteiger partial charge in [-0.3, -0.25) is 0 Å². The number of rotatable bonds is 3. The lowest BCUT2D eigenvalue weighted by Crippen LogP contribution is -2.44. The van der Waals surface area contributed by atoms with E-state index in [1.54, 1.807) is 0 Å². The zero-order valence-corrected chi connectivity index (χ0v) is 10.5. The Labute approximate surface area is 98.4 Å². The van der Waals surface area contributed by atoms with Crippen LogP contribution in [0.15, 0.2) is 0 Å². The molecule has 0 aromatic carbocycles. The second kappa shape index (κ2) is 5.15. The predicted octanol–water partition coefficient (Wildman–Crippen LogP) is 2.54. The van der Waals surface area contributed by atoms with Crippen molar-refractivity contribution < 1.29 is 0 Å². The molecule has 0 heterocycles. The fourth-order valence-corrected chi connectivity index (χ4v) is 2.54. The average Bonchev–Trinajstić information content (AvgIpc) is 3.03. The highest BCUT2D eigenvalue weighted by Gasteiger charge is 2.24. The van der Waals surface area contributed by atoms with Crippen LogP contribution in [0, 0.1) is 5.92 Å². The fraction of sp³-hybridized carbons (Fsp3) is 0.917. The zero-order valence-electron chi connectivity index (χ0n) is 9.67. The van der Waals surface area contributed by atoms with E-state index < -0.39 is 0 Å². The van der Waals surface area contributed by atoms with Crippen LogP contribution in [-0.4, -0.2) is 29.6 Å². The number of hydrogen-bond acceptors (Lipinski definition) is 1. The Bertz CT molecular complexity index is 220. The first-order valence-corrected chi connectivity index (χ1v) is 6.68. The highest BCUT2D eigenvalue weighted by atomic mass is 32.1. The Balaban J connectivity index is 1.69. The van der Waals surface area contributed by atoms with E-state index in [1.807, 2.05) is 0 Å². The molecular formula is C12H22N2S. The van der Waals surface area contributed by atoms with Crippen molar-refractivity contribution in [2.75, 3.05) is 13.6 Å². The molecule has 0 aliphatic heterocycles. The van der Waals surface area contributed by atoms with Gasteiger partial charge in [0.15, 0.2) is 5.11 Å². The van der Waals surface area contributed by atoms with Gasteiger partial charge < -0.3 is 10.2 Å². The molecule has 15 heavy (non-hydrogen) atoms. The normalized spacial score (nSPS) is 22.5. The van der Waals surface area contributed by atoms with E-state index in [0.717, 1.165) is 17.6 Å². The third kappa shape index (κ3) is 3.63. The molecule has 2 fully saturated rings. The van der Waals surface area contributed by atoms with Crippen LogP contribution < -0.4 is 5.32 Å². The van der Waals surface area contributed by atoms with E-state index >= 15 is 0 Å². The summed E-state index contributed by atoms with van der Waals surface area (Å²) in [4.78, 5) is 2.22. The lowest BCUT2D eigenvalue weighted by atomic mass is 9.96. The molecule has 2 nitrogen and oxygen atoms in total. The molecule has 2 aliphatic carbocycles. The first-order valence-electron chi connectivity index (χ1n) is 6.27.